The Kier molecular flexibility index (Phi) is 6.09. The van der Waals surface area contributed by atoms with Gasteiger partial charge < -0.3 is 24.8 Å². The number of methoxy groups -OCH3 is 1. The van der Waals surface area contributed by atoms with E-state index in [9.17, 15) is 9.59 Å². The summed E-state index contributed by atoms with van der Waals surface area (Å²) in [5, 5.41) is 3.66. The van der Waals surface area contributed by atoms with Crippen molar-refractivity contribution in [2.45, 2.75) is 32.9 Å². The largest absolute Gasteiger partial charge is 0.375 e. The maximum Gasteiger partial charge on any atom is 0.250 e. The first-order valence-electron chi connectivity index (χ1n) is 10.6. The van der Waals surface area contributed by atoms with Crippen molar-refractivity contribution < 1.29 is 14.3 Å². The quantitative estimate of drug-likeness (QED) is 0.637. The lowest BCUT2D eigenvalue weighted by Gasteiger charge is -2.44. The summed E-state index contributed by atoms with van der Waals surface area (Å²) in [7, 11) is 1.48. The number of nitrogens with one attached hydrogen (secondary N) is 2. The number of aromatic amines is 1. The van der Waals surface area contributed by atoms with Crippen molar-refractivity contribution in [1.29, 1.82) is 0 Å². The molecule has 4 rings (SSSR count). The SMILES string of the molecule is COCC(=O)Nc1cnc2[nH]cc(-c3cccc(N4C[C@@H](C)N(C(C)=O)[C@@H](C)C4)n3)c2c1. The number of carbonyl (C=O) groups excluding carboxylic acids is 2. The molecule has 0 unspecified atom stereocenters. The average Bonchev–Trinajstić information content (AvgIpc) is 3.16. The van der Waals surface area contributed by atoms with Gasteiger partial charge in [-0.05, 0) is 32.0 Å². The zero-order valence-electron chi connectivity index (χ0n) is 18.8. The van der Waals surface area contributed by atoms with Crippen molar-refractivity contribution in [1.82, 2.24) is 19.9 Å². The minimum absolute atomic E-state index is 0.0185. The van der Waals surface area contributed by atoms with Gasteiger partial charge in [-0.2, -0.15) is 0 Å². The number of carbonyl (C=O) groups is 2. The number of anilines is 2. The highest BCUT2D eigenvalue weighted by molar-refractivity contribution is 5.98. The highest BCUT2D eigenvalue weighted by Crippen LogP contribution is 2.30. The van der Waals surface area contributed by atoms with Gasteiger partial charge in [0.05, 0.1) is 17.6 Å². The van der Waals surface area contributed by atoms with E-state index in [0.29, 0.717) is 11.3 Å². The van der Waals surface area contributed by atoms with E-state index in [2.05, 4.69) is 34.0 Å². The lowest BCUT2D eigenvalue weighted by Crippen LogP contribution is -2.58. The molecule has 1 aliphatic heterocycles. The Morgan fingerprint density at radius 3 is 2.69 bits per heavy atom. The molecule has 1 aliphatic rings. The summed E-state index contributed by atoms with van der Waals surface area (Å²) in [6.45, 7) is 7.20. The topological polar surface area (TPSA) is 103 Å². The third kappa shape index (κ3) is 4.29. The van der Waals surface area contributed by atoms with Crippen molar-refractivity contribution in [3.63, 3.8) is 0 Å². The first-order valence-corrected chi connectivity index (χ1v) is 10.6. The lowest BCUT2D eigenvalue weighted by molar-refractivity contribution is -0.133. The molecule has 0 aromatic carbocycles. The van der Waals surface area contributed by atoms with Crippen LogP contribution in [-0.4, -0.2) is 70.6 Å². The van der Waals surface area contributed by atoms with Gasteiger partial charge in [-0.25, -0.2) is 9.97 Å². The highest BCUT2D eigenvalue weighted by atomic mass is 16.5. The minimum Gasteiger partial charge on any atom is -0.375 e. The Morgan fingerprint density at radius 1 is 1.25 bits per heavy atom. The van der Waals surface area contributed by atoms with Crippen molar-refractivity contribution in [3.8, 4) is 11.3 Å². The number of ether oxygens (including phenoxy) is 1. The monoisotopic (exact) mass is 436 g/mol. The van der Waals surface area contributed by atoms with Crippen molar-refractivity contribution in [3.05, 3.63) is 36.7 Å². The van der Waals surface area contributed by atoms with E-state index in [0.717, 1.165) is 35.6 Å². The normalized spacial score (nSPS) is 18.8. The molecule has 168 valence electrons. The van der Waals surface area contributed by atoms with Crippen molar-refractivity contribution in [2.24, 2.45) is 0 Å². The second kappa shape index (κ2) is 8.96. The van der Waals surface area contributed by atoms with Crippen LogP contribution in [-0.2, 0) is 14.3 Å². The molecule has 3 aromatic rings. The Balaban J connectivity index is 1.62. The van der Waals surface area contributed by atoms with Crippen LogP contribution in [0.4, 0.5) is 11.5 Å². The number of pyridine rings is 2. The number of H-pyrrole nitrogens is 1. The number of aromatic nitrogens is 3. The smallest absolute Gasteiger partial charge is 0.250 e. The molecule has 2 atom stereocenters. The summed E-state index contributed by atoms with van der Waals surface area (Å²) < 4.78 is 4.87. The molecule has 1 fully saturated rings. The lowest BCUT2D eigenvalue weighted by atomic mass is 10.1. The molecule has 2 N–H and O–H groups in total. The van der Waals surface area contributed by atoms with Crippen LogP contribution in [0.15, 0.2) is 36.7 Å². The summed E-state index contributed by atoms with van der Waals surface area (Å²) in [5.74, 6) is 0.737. The number of rotatable bonds is 5. The molecular formula is C23H28N6O3. The van der Waals surface area contributed by atoms with Crippen LogP contribution in [0.3, 0.4) is 0 Å². The van der Waals surface area contributed by atoms with Gasteiger partial charge in [0.15, 0.2) is 0 Å². The zero-order chi connectivity index (χ0) is 22.8. The summed E-state index contributed by atoms with van der Waals surface area (Å²) in [4.78, 5) is 40.5. The summed E-state index contributed by atoms with van der Waals surface area (Å²) >= 11 is 0. The van der Waals surface area contributed by atoms with Gasteiger partial charge in [0.2, 0.25) is 11.8 Å². The van der Waals surface area contributed by atoms with E-state index in [4.69, 9.17) is 9.72 Å². The molecule has 1 saturated heterocycles. The summed E-state index contributed by atoms with van der Waals surface area (Å²) in [6, 6.07) is 8.04. The van der Waals surface area contributed by atoms with E-state index >= 15 is 0 Å². The van der Waals surface area contributed by atoms with E-state index < -0.39 is 0 Å². The standard InChI is InChI=1S/C23H28N6O3/c1-14-11-28(12-15(2)29(14)16(3)30)21-7-5-6-20(27-21)19-10-25-23-18(19)8-17(9-24-23)26-22(31)13-32-4/h5-10,14-15H,11-13H2,1-4H3,(H,24,25)(H,26,31)/t14-,15+. The molecule has 0 spiro atoms. The van der Waals surface area contributed by atoms with Gasteiger partial charge in [0, 0.05) is 56.4 Å². The van der Waals surface area contributed by atoms with Gasteiger partial charge >= 0.3 is 0 Å². The van der Waals surface area contributed by atoms with Crippen LogP contribution in [0.1, 0.15) is 20.8 Å². The van der Waals surface area contributed by atoms with Crippen LogP contribution in [0.25, 0.3) is 22.3 Å². The van der Waals surface area contributed by atoms with E-state index in [1.165, 1.54) is 7.11 Å². The number of amides is 2. The predicted molar refractivity (Wildman–Crippen MR) is 123 cm³/mol. The molecule has 0 bridgehead atoms. The van der Waals surface area contributed by atoms with E-state index in [1.54, 1.807) is 13.1 Å². The third-order valence-electron chi connectivity index (χ3n) is 5.71. The van der Waals surface area contributed by atoms with Crippen LogP contribution < -0.4 is 10.2 Å². The highest BCUT2D eigenvalue weighted by Gasteiger charge is 2.31. The number of hydrogen-bond acceptors (Lipinski definition) is 6. The molecule has 3 aromatic heterocycles. The average molecular weight is 437 g/mol. The van der Waals surface area contributed by atoms with Crippen LogP contribution in [0, 0.1) is 0 Å². The molecule has 0 aliphatic carbocycles. The molecule has 32 heavy (non-hydrogen) atoms. The maximum absolute atomic E-state index is 12.0. The van der Waals surface area contributed by atoms with Gasteiger partial charge in [0.1, 0.15) is 18.1 Å². The van der Waals surface area contributed by atoms with E-state index in [1.807, 2.05) is 35.4 Å². The van der Waals surface area contributed by atoms with Gasteiger partial charge in [0.25, 0.3) is 0 Å². The number of hydrogen-bond donors (Lipinski definition) is 2. The Labute approximate surface area is 186 Å². The Morgan fingerprint density at radius 2 is 2.00 bits per heavy atom. The van der Waals surface area contributed by atoms with E-state index in [-0.39, 0.29) is 30.5 Å². The minimum atomic E-state index is -0.237. The predicted octanol–water partition coefficient (Wildman–Crippen LogP) is 2.66. The van der Waals surface area contributed by atoms with Crippen molar-refractivity contribution >= 4 is 34.4 Å². The first kappa shape index (κ1) is 21.8. The van der Waals surface area contributed by atoms with Crippen LogP contribution in [0.5, 0.6) is 0 Å². The van der Waals surface area contributed by atoms with Crippen LogP contribution >= 0.6 is 0 Å². The number of piperazine rings is 1. The fourth-order valence-electron chi connectivity index (χ4n) is 4.49. The molecule has 9 nitrogen and oxygen atoms in total. The Hall–Kier alpha value is -3.46. The molecule has 2 amide bonds. The number of nitrogens with zero attached hydrogens (tertiary/aromatic N) is 4. The first-order chi connectivity index (χ1) is 15.4. The molecule has 0 radical (unpaired) electrons. The second-order valence-electron chi connectivity index (χ2n) is 8.21. The molecular weight excluding hydrogens is 408 g/mol. The van der Waals surface area contributed by atoms with Gasteiger partial charge in [-0.3, -0.25) is 9.59 Å². The number of fused-ring (bicyclic) bond motifs is 1. The maximum atomic E-state index is 12.0. The summed E-state index contributed by atoms with van der Waals surface area (Å²) in [5.41, 5.74) is 3.03. The third-order valence-corrected chi connectivity index (χ3v) is 5.71. The zero-order valence-corrected chi connectivity index (χ0v) is 18.8. The fraction of sp³-hybridized carbons (Fsp3) is 0.391. The van der Waals surface area contributed by atoms with Gasteiger partial charge in [-0.15, -0.1) is 0 Å². The summed E-state index contributed by atoms with van der Waals surface area (Å²) in [6.07, 6.45) is 3.49. The second-order valence-corrected chi connectivity index (χ2v) is 8.21. The Bertz CT molecular complexity index is 1130. The molecule has 9 heteroatoms. The fourth-order valence-corrected chi connectivity index (χ4v) is 4.49. The van der Waals surface area contributed by atoms with Crippen molar-refractivity contribution in [2.75, 3.05) is 37.0 Å². The molecule has 4 heterocycles. The van der Waals surface area contributed by atoms with Gasteiger partial charge in [-0.1, -0.05) is 6.07 Å². The van der Waals surface area contributed by atoms with Crippen LogP contribution in [0.2, 0.25) is 0 Å². The molecule has 0 saturated carbocycles.